The number of rotatable bonds is 4. The van der Waals surface area contributed by atoms with Gasteiger partial charge in [-0.3, -0.25) is 0 Å². The number of ether oxygens (including phenoxy) is 1. The van der Waals surface area contributed by atoms with Crippen LogP contribution >= 0.6 is 0 Å². The SMILES string of the molecule is COc1ccc(CNc2cc(F)c(F)cc2F)c(F)c1. The predicted octanol–water partition coefficient (Wildman–Crippen LogP) is 3.86. The van der Waals surface area contributed by atoms with Crippen LogP contribution < -0.4 is 10.1 Å². The summed E-state index contributed by atoms with van der Waals surface area (Å²) in [7, 11) is 1.41. The fourth-order valence-corrected chi connectivity index (χ4v) is 1.65. The minimum Gasteiger partial charge on any atom is -0.497 e. The van der Waals surface area contributed by atoms with Crippen molar-refractivity contribution in [1.82, 2.24) is 0 Å². The molecule has 0 spiro atoms. The van der Waals surface area contributed by atoms with E-state index in [9.17, 15) is 17.6 Å². The molecule has 0 aliphatic heterocycles. The molecule has 0 fully saturated rings. The van der Waals surface area contributed by atoms with Crippen LogP contribution in [-0.2, 0) is 6.54 Å². The van der Waals surface area contributed by atoms with Crippen molar-refractivity contribution in [1.29, 1.82) is 0 Å². The second-order valence-electron chi connectivity index (χ2n) is 4.06. The monoisotopic (exact) mass is 285 g/mol. The Kier molecular flexibility index (Phi) is 4.12. The van der Waals surface area contributed by atoms with Gasteiger partial charge in [0.1, 0.15) is 17.4 Å². The van der Waals surface area contributed by atoms with Gasteiger partial charge in [-0.1, -0.05) is 6.07 Å². The molecule has 0 atom stereocenters. The smallest absolute Gasteiger partial charge is 0.161 e. The molecular formula is C14H11F4NO. The molecule has 0 radical (unpaired) electrons. The van der Waals surface area contributed by atoms with Crippen molar-refractivity contribution in [3.8, 4) is 5.75 Å². The van der Waals surface area contributed by atoms with Crippen LogP contribution in [0.15, 0.2) is 30.3 Å². The molecule has 0 heterocycles. The molecule has 0 aliphatic carbocycles. The maximum Gasteiger partial charge on any atom is 0.161 e. The normalized spacial score (nSPS) is 10.4. The summed E-state index contributed by atoms with van der Waals surface area (Å²) in [5, 5.41) is 2.51. The van der Waals surface area contributed by atoms with Crippen molar-refractivity contribution >= 4 is 5.69 Å². The van der Waals surface area contributed by atoms with Crippen molar-refractivity contribution in [3.63, 3.8) is 0 Å². The van der Waals surface area contributed by atoms with Crippen LogP contribution in [0.3, 0.4) is 0 Å². The van der Waals surface area contributed by atoms with Crippen LogP contribution in [0.1, 0.15) is 5.56 Å². The molecule has 2 aromatic carbocycles. The molecule has 0 amide bonds. The van der Waals surface area contributed by atoms with Gasteiger partial charge in [0.2, 0.25) is 0 Å². The van der Waals surface area contributed by atoms with Crippen molar-refractivity contribution in [2.75, 3.05) is 12.4 Å². The van der Waals surface area contributed by atoms with Gasteiger partial charge in [0.15, 0.2) is 11.6 Å². The van der Waals surface area contributed by atoms with E-state index in [0.29, 0.717) is 17.9 Å². The van der Waals surface area contributed by atoms with Crippen LogP contribution in [0.25, 0.3) is 0 Å². The van der Waals surface area contributed by atoms with Crippen LogP contribution in [-0.4, -0.2) is 7.11 Å². The summed E-state index contributed by atoms with van der Waals surface area (Å²) >= 11 is 0. The summed E-state index contributed by atoms with van der Waals surface area (Å²) in [5.74, 6) is -3.59. The van der Waals surface area contributed by atoms with Gasteiger partial charge in [-0.05, 0) is 6.07 Å². The molecule has 1 N–H and O–H groups in total. The van der Waals surface area contributed by atoms with Crippen molar-refractivity contribution in [3.05, 3.63) is 59.2 Å². The third kappa shape index (κ3) is 3.01. The Morgan fingerprint density at radius 1 is 0.900 bits per heavy atom. The molecule has 0 aromatic heterocycles. The van der Waals surface area contributed by atoms with E-state index in [1.54, 1.807) is 6.07 Å². The molecule has 0 saturated heterocycles. The Balaban J connectivity index is 2.15. The summed E-state index contributed by atoms with van der Waals surface area (Å²) in [4.78, 5) is 0. The number of halogens is 4. The standard InChI is InChI=1S/C14H11F4NO/c1-20-9-3-2-8(10(15)4-9)7-19-14-6-12(17)11(16)5-13(14)18/h2-6,19H,7H2,1H3. The zero-order chi connectivity index (χ0) is 14.7. The minimum atomic E-state index is -1.27. The minimum absolute atomic E-state index is 0.0716. The molecule has 0 bridgehead atoms. The number of hydrogen-bond donors (Lipinski definition) is 1. The summed E-state index contributed by atoms with van der Waals surface area (Å²) in [5.41, 5.74) is 0.00838. The summed E-state index contributed by atoms with van der Waals surface area (Å²) < 4.78 is 57.6. The number of anilines is 1. The lowest BCUT2D eigenvalue weighted by molar-refractivity contribution is 0.411. The maximum atomic E-state index is 13.6. The highest BCUT2D eigenvalue weighted by atomic mass is 19.2. The van der Waals surface area contributed by atoms with E-state index in [1.165, 1.54) is 19.2 Å². The highest BCUT2D eigenvalue weighted by molar-refractivity contribution is 5.46. The Hall–Kier alpha value is -2.24. The number of benzene rings is 2. The molecule has 0 saturated carbocycles. The van der Waals surface area contributed by atoms with Crippen LogP contribution in [0.4, 0.5) is 23.2 Å². The predicted molar refractivity (Wildman–Crippen MR) is 66.6 cm³/mol. The average Bonchev–Trinajstić information content (AvgIpc) is 2.42. The molecule has 6 heteroatoms. The Bertz CT molecular complexity index is 631. The average molecular weight is 285 g/mol. The maximum absolute atomic E-state index is 13.6. The molecule has 20 heavy (non-hydrogen) atoms. The largest absolute Gasteiger partial charge is 0.497 e. The fraction of sp³-hybridized carbons (Fsp3) is 0.143. The van der Waals surface area contributed by atoms with E-state index in [2.05, 4.69) is 5.32 Å². The van der Waals surface area contributed by atoms with Crippen LogP contribution in [0, 0.1) is 23.3 Å². The van der Waals surface area contributed by atoms with Gasteiger partial charge in [0.25, 0.3) is 0 Å². The Morgan fingerprint density at radius 3 is 2.25 bits per heavy atom. The van der Waals surface area contributed by atoms with Gasteiger partial charge in [0, 0.05) is 30.3 Å². The van der Waals surface area contributed by atoms with Gasteiger partial charge in [-0.25, -0.2) is 17.6 Å². The van der Waals surface area contributed by atoms with E-state index in [4.69, 9.17) is 4.74 Å². The highest BCUT2D eigenvalue weighted by Crippen LogP contribution is 2.21. The summed E-state index contributed by atoms with van der Waals surface area (Å²) in [6, 6.07) is 5.30. The van der Waals surface area contributed by atoms with Gasteiger partial charge >= 0.3 is 0 Å². The summed E-state index contributed by atoms with van der Waals surface area (Å²) in [6.45, 7) is -0.0716. The number of methoxy groups -OCH3 is 1. The first-order chi connectivity index (χ1) is 9.51. The van der Waals surface area contributed by atoms with Gasteiger partial charge < -0.3 is 10.1 Å². The lowest BCUT2D eigenvalue weighted by atomic mass is 10.2. The van der Waals surface area contributed by atoms with E-state index >= 15 is 0 Å². The second-order valence-corrected chi connectivity index (χ2v) is 4.06. The van der Waals surface area contributed by atoms with E-state index in [1.807, 2.05) is 0 Å². The first-order valence-corrected chi connectivity index (χ1v) is 5.72. The molecular weight excluding hydrogens is 274 g/mol. The first-order valence-electron chi connectivity index (χ1n) is 5.72. The molecule has 2 nitrogen and oxygen atoms in total. The third-order valence-electron chi connectivity index (χ3n) is 2.74. The van der Waals surface area contributed by atoms with Gasteiger partial charge in [0.05, 0.1) is 12.8 Å². The lowest BCUT2D eigenvalue weighted by Gasteiger charge is -2.10. The zero-order valence-corrected chi connectivity index (χ0v) is 10.5. The zero-order valence-electron chi connectivity index (χ0n) is 10.5. The quantitative estimate of drug-likeness (QED) is 0.680. The fourth-order valence-electron chi connectivity index (χ4n) is 1.65. The summed E-state index contributed by atoms with van der Waals surface area (Å²) in [6.07, 6.45) is 0. The van der Waals surface area contributed by atoms with Crippen molar-refractivity contribution in [2.45, 2.75) is 6.54 Å². The number of nitrogens with one attached hydrogen (secondary N) is 1. The first kappa shape index (κ1) is 14.2. The van der Waals surface area contributed by atoms with Crippen molar-refractivity contribution in [2.24, 2.45) is 0 Å². The van der Waals surface area contributed by atoms with E-state index < -0.39 is 23.3 Å². The topological polar surface area (TPSA) is 21.3 Å². The molecule has 0 unspecified atom stereocenters. The lowest BCUT2D eigenvalue weighted by Crippen LogP contribution is -2.05. The van der Waals surface area contributed by atoms with Crippen LogP contribution in [0.5, 0.6) is 5.75 Å². The highest BCUT2D eigenvalue weighted by Gasteiger charge is 2.10. The van der Waals surface area contributed by atoms with Crippen molar-refractivity contribution < 1.29 is 22.3 Å². The molecule has 2 rings (SSSR count). The molecule has 106 valence electrons. The molecule has 2 aromatic rings. The Morgan fingerprint density at radius 2 is 1.60 bits per heavy atom. The van der Waals surface area contributed by atoms with E-state index in [-0.39, 0.29) is 17.8 Å². The van der Waals surface area contributed by atoms with Gasteiger partial charge in [-0.2, -0.15) is 0 Å². The Labute approximate surface area is 113 Å². The number of hydrogen-bond acceptors (Lipinski definition) is 2. The van der Waals surface area contributed by atoms with Gasteiger partial charge in [-0.15, -0.1) is 0 Å². The third-order valence-corrected chi connectivity index (χ3v) is 2.74. The van der Waals surface area contributed by atoms with Crippen LogP contribution in [0.2, 0.25) is 0 Å². The second kappa shape index (κ2) is 5.81. The molecule has 0 aliphatic rings. The van der Waals surface area contributed by atoms with E-state index in [0.717, 1.165) is 0 Å².